The van der Waals surface area contributed by atoms with Gasteiger partial charge in [0.1, 0.15) is 5.75 Å². The van der Waals surface area contributed by atoms with Crippen LogP contribution in [0.5, 0.6) is 5.75 Å². The second-order valence-electron chi connectivity index (χ2n) is 5.45. The van der Waals surface area contributed by atoms with E-state index in [-0.39, 0.29) is 12.6 Å². The van der Waals surface area contributed by atoms with Crippen LogP contribution in [-0.2, 0) is 11.3 Å². The van der Waals surface area contributed by atoms with Crippen molar-refractivity contribution >= 4 is 12.0 Å². The smallest absolute Gasteiger partial charge is 0.317 e. The normalized spacial score (nSPS) is 15.1. The summed E-state index contributed by atoms with van der Waals surface area (Å²) in [6, 6.07) is 7.19. The summed E-state index contributed by atoms with van der Waals surface area (Å²) in [6.07, 6.45) is 1.26. The number of rotatable bonds is 6. The van der Waals surface area contributed by atoms with Gasteiger partial charge in [0.15, 0.2) is 0 Å². The minimum absolute atomic E-state index is 0.189. The van der Waals surface area contributed by atoms with Crippen molar-refractivity contribution < 1.29 is 19.4 Å². The van der Waals surface area contributed by atoms with Crippen LogP contribution in [0.4, 0.5) is 4.79 Å². The second kappa shape index (κ2) is 6.03. The van der Waals surface area contributed by atoms with Crippen molar-refractivity contribution in [2.45, 2.75) is 19.4 Å². The van der Waals surface area contributed by atoms with E-state index in [0.29, 0.717) is 19.4 Å². The van der Waals surface area contributed by atoms with Crippen LogP contribution < -0.4 is 10.1 Å². The Morgan fingerprint density at radius 2 is 1.95 bits per heavy atom. The molecule has 1 fully saturated rings. The van der Waals surface area contributed by atoms with Crippen molar-refractivity contribution in [3.8, 4) is 5.75 Å². The van der Waals surface area contributed by atoms with Gasteiger partial charge in [0.05, 0.1) is 12.5 Å². The van der Waals surface area contributed by atoms with Gasteiger partial charge >= 0.3 is 12.0 Å². The van der Waals surface area contributed by atoms with Crippen LogP contribution in [0.3, 0.4) is 0 Å². The predicted molar refractivity (Wildman–Crippen MR) is 77.2 cm³/mol. The SMILES string of the molecule is COc1ccc(CN(C)C(=O)NCC2(C(=O)O)CC2)cc1. The molecule has 1 saturated carbocycles. The van der Waals surface area contributed by atoms with E-state index in [0.717, 1.165) is 11.3 Å². The van der Waals surface area contributed by atoms with Crippen LogP contribution in [0, 0.1) is 5.41 Å². The third-order valence-electron chi connectivity index (χ3n) is 3.81. The molecule has 21 heavy (non-hydrogen) atoms. The molecular weight excluding hydrogens is 272 g/mol. The number of benzene rings is 1. The van der Waals surface area contributed by atoms with E-state index < -0.39 is 11.4 Å². The molecule has 0 spiro atoms. The van der Waals surface area contributed by atoms with E-state index in [1.807, 2.05) is 24.3 Å². The fourth-order valence-corrected chi connectivity index (χ4v) is 2.07. The molecule has 1 aromatic carbocycles. The molecule has 0 heterocycles. The Morgan fingerprint density at radius 3 is 2.43 bits per heavy atom. The van der Waals surface area contributed by atoms with Gasteiger partial charge in [0.25, 0.3) is 0 Å². The van der Waals surface area contributed by atoms with Crippen molar-refractivity contribution in [3.05, 3.63) is 29.8 Å². The number of methoxy groups -OCH3 is 1. The summed E-state index contributed by atoms with van der Waals surface area (Å²) in [5.74, 6) is -0.0661. The number of nitrogens with zero attached hydrogens (tertiary/aromatic N) is 1. The van der Waals surface area contributed by atoms with Crippen LogP contribution in [0.15, 0.2) is 24.3 Å². The minimum atomic E-state index is -0.833. The second-order valence-corrected chi connectivity index (χ2v) is 5.45. The summed E-state index contributed by atoms with van der Waals surface area (Å²) in [5.41, 5.74) is 0.240. The Hall–Kier alpha value is -2.24. The lowest BCUT2D eigenvalue weighted by molar-refractivity contribution is -0.143. The number of hydrogen-bond acceptors (Lipinski definition) is 3. The zero-order valence-electron chi connectivity index (χ0n) is 12.3. The number of urea groups is 1. The monoisotopic (exact) mass is 292 g/mol. The van der Waals surface area contributed by atoms with Crippen LogP contribution >= 0.6 is 0 Å². The van der Waals surface area contributed by atoms with E-state index in [1.54, 1.807) is 14.2 Å². The molecule has 6 heteroatoms. The van der Waals surface area contributed by atoms with Crippen molar-refractivity contribution in [2.75, 3.05) is 20.7 Å². The van der Waals surface area contributed by atoms with Gasteiger partial charge in [0, 0.05) is 20.1 Å². The van der Waals surface area contributed by atoms with Gasteiger partial charge in [-0.2, -0.15) is 0 Å². The lowest BCUT2D eigenvalue weighted by atomic mass is 10.1. The molecule has 1 aliphatic carbocycles. The summed E-state index contributed by atoms with van der Waals surface area (Å²) in [5, 5.41) is 11.8. The molecule has 114 valence electrons. The van der Waals surface area contributed by atoms with E-state index in [1.165, 1.54) is 4.90 Å². The molecule has 0 atom stereocenters. The quantitative estimate of drug-likeness (QED) is 0.836. The number of hydrogen-bond donors (Lipinski definition) is 2. The van der Waals surface area contributed by atoms with Gasteiger partial charge in [-0.05, 0) is 30.5 Å². The Balaban J connectivity index is 1.83. The fourth-order valence-electron chi connectivity index (χ4n) is 2.07. The van der Waals surface area contributed by atoms with Crippen LogP contribution in [0.1, 0.15) is 18.4 Å². The average molecular weight is 292 g/mol. The molecule has 0 saturated heterocycles. The highest BCUT2D eigenvalue weighted by molar-refractivity contribution is 5.80. The highest BCUT2D eigenvalue weighted by Gasteiger charge is 2.50. The zero-order chi connectivity index (χ0) is 15.5. The number of carbonyl (C=O) groups excluding carboxylic acids is 1. The van der Waals surface area contributed by atoms with Crippen molar-refractivity contribution in [3.63, 3.8) is 0 Å². The molecule has 0 aliphatic heterocycles. The standard InChI is InChI=1S/C15H20N2O4/c1-17(9-11-3-5-12(21-2)6-4-11)14(20)16-10-15(7-8-15)13(18)19/h3-6H,7-10H2,1-2H3,(H,16,20)(H,18,19). The van der Waals surface area contributed by atoms with Gasteiger partial charge < -0.3 is 20.1 Å². The van der Waals surface area contributed by atoms with Crippen LogP contribution in [-0.4, -0.2) is 42.7 Å². The van der Waals surface area contributed by atoms with Gasteiger partial charge in [0.2, 0.25) is 0 Å². The lowest BCUT2D eigenvalue weighted by Gasteiger charge is -2.19. The third kappa shape index (κ3) is 3.65. The summed E-state index contributed by atoms with van der Waals surface area (Å²) < 4.78 is 5.08. The van der Waals surface area contributed by atoms with Gasteiger partial charge in [-0.15, -0.1) is 0 Å². The van der Waals surface area contributed by atoms with E-state index in [9.17, 15) is 9.59 Å². The first-order valence-electron chi connectivity index (χ1n) is 6.82. The molecular formula is C15H20N2O4. The third-order valence-corrected chi connectivity index (χ3v) is 3.81. The molecule has 2 rings (SSSR count). The van der Waals surface area contributed by atoms with Gasteiger partial charge in [-0.3, -0.25) is 4.79 Å². The Labute approximate surface area is 123 Å². The molecule has 2 amide bonds. The number of ether oxygens (including phenoxy) is 1. The number of carboxylic acid groups (broad SMARTS) is 1. The molecule has 2 N–H and O–H groups in total. The van der Waals surface area contributed by atoms with Crippen molar-refractivity contribution in [1.29, 1.82) is 0 Å². The van der Waals surface area contributed by atoms with Gasteiger partial charge in [-0.25, -0.2) is 4.79 Å². The topological polar surface area (TPSA) is 78.9 Å². The summed E-state index contributed by atoms with van der Waals surface area (Å²) >= 11 is 0. The number of amides is 2. The Morgan fingerprint density at radius 1 is 1.33 bits per heavy atom. The fraction of sp³-hybridized carbons (Fsp3) is 0.467. The molecule has 0 bridgehead atoms. The molecule has 1 aromatic rings. The molecule has 0 radical (unpaired) electrons. The highest BCUT2D eigenvalue weighted by Crippen LogP contribution is 2.45. The lowest BCUT2D eigenvalue weighted by Crippen LogP contribution is -2.41. The van der Waals surface area contributed by atoms with Crippen LogP contribution in [0.2, 0.25) is 0 Å². The van der Waals surface area contributed by atoms with Crippen LogP contribution in [0.25, 0.3) is 0 Å². The number of nitrogens with one attached hydrogen (secondary N) is 1. The maximum Gasteiger partial charge on any atom is 0.317 e. The molecule has 0 aromatic heterocycles. The first-order chi connectivity index (χ1) is 9.97. The molecule has 1 aliphatic rings. The van der Waals surface area contributed by atoms with Crippen molar-refractivity contribution in [1.82, 2.24) is 10.2 Å². The largest absolute Gasteiger partial charge is 0.497 e. The summed E-state index contributed by atoms with van der Waals surface area (Å²) in [7, 11) is 3.28. The first kappa shape index (κ1) is 15.2. The molecule has 0 unspecified atom stereocenters. The van der Waals surface area contributed by atoms with Crippen molar-refractivity contribution in [2.24, 2.45) is 5.41 Å². The van der Waals surface area contributed by atoms with E-state index >= 15 is 0 Å². The minimum Gasteiger partial charge on any atom is -0.497 e. The van der Waals surface area contributed by atoms with E-state index in [2.05, 4.69) is 5.32 Å². The number of carbonyl (C=O) groups is 2. The van der Waals surface area contributed by atoms with E-state index in [4.69, 9.17) is 9.84 Å². The first-order valence-corrected chi connectivity index (χ1v) is 6.82. The maximum absolute atomic E-state index is 12.0. The average Bonchev–Trinajstić information content (AvgIpc) is 3.26. The Kier molecular flexibility index (Phi) is 4.35. The van der Waals surface area contributed by atoms with Gasteiger partial charge in [-0.1, -0.05) is 12.1 Å². The maximum atomic E-state index is 12.0. The number of carboxylic acids is 1. The Bertz CT molecular complexity index is 523. The summed E-state index contributed by atoms with van der Waals surface area (Å²) in [6.45, 7) is 0.643. The highest BCUT2D eigenvalue weighted by atomic mass is 16.5. The molecule has 6 nitrogen and oxygen atoms in total. The number of aliphatic carboxylic acids is 1. The predicted octanol–water partition coefficient (Wildman–Crippen LogP) is 1.70. The zero-order valence-corrected chi connectivity index (χ0v) is 12.3. The summed E-state index contributed by atoms with van der Waals surface area (Å²) in [4.78, 5) is 24.5.